The third-order valence-corrected chi connectivity index (χ3v) is 12.2. The number of allylic oxidation sites excluding steroid dienone is 2. The van der Waals surface area contributed by atoms with Crippen LogP contribution in [0.4, 0.5) is 14.0 Å². The van der Waals surface area contributed by atoms with Crippen LogP contribution in [0.1, 0.15) is 91.7 Å². The first-order chi connectivity index (χ1) is 26.0. The zero-order valence-electron chi connectivity index (χ0n) is 32.9. The van der Waals surface area contributed by atoms with Crippen LogP contribution in [0, 0.1) is 17.2 Å². The van der Waals surface area contributed by atoms with Crippen molar-refractivity contribution in [2.24, 2.45) is 11.3 Å². The number of ether oxygens (including phenoxy) is 2. The Morgan fingerprint density at radius 1 is 1.07 bits per heavy atom. The van der Waals surface area contributed by atoms with E-state index in [0.717, 1.165) is 10.5 Å². The second kappa shape index (κ2) is 15.6. The zero-order valence-corrected chi connectivity index (χ0v) is 33.7. The lowest BCUT2D eigenvalue weighted by Crippen LogP contribution is -2.59. The maximum Gasteiger partial charge on any atom is 0.410 e. The minimum Gasteiger partial charge on any atom is -0.444 e. The number of nitrogens with one attached hydrogen (secondary N) is 3. The molecule has 56 heavy (non-hydrogen) atoms. The molecule has 5 amide bonds. The molecule has 4 aliphatic rings. The molecule has 1 unspecified atom stereocenters. The largest absolute Gasteiger partial charge is 0.444 e. The van der Waals surface area contributed by atoms with E-state index in [2.05, 4.69) is 21.9 Å². The monoisotopic (exact) mass is 801 g/mol. The molecule has 306 valence electrons. The van der Waals surface area contributed by atoms with Crippen LogP contribution in [-0.2, 0) is 51.8 Å². The molecule has 5 rings (SSSR count). The first-order valence-corrected chi connectivity index (χ1v) is 20.2. The fraction of sp³-hybridized carbons (Fsp3) is 0.590. The molecule has 2 aliphatic carbocycles. The van der Waals surface area contributed by atoms with Crippen LogP contribution in [-0.4, -0.2) is 95.0 Å². The summed E-state index contributed by atoms with van der Waals surface area (Å²) in [7, 11) is -3.98. The average molecular weight is 802 g/mol. The number of carbonyl (C=O) groups excluding carboxylic acids is 6. The van der Waals surface area contributed by atoms with Crippen molar-refractivity contribution in [2.75, 3.05) is 6.54 Å². The van der Waals surface area contributed by atoms with Gasteiger partial charge in [0.25, 0.3) is 5.91 Å². The maximum atomic E-state index is 14.6. The Morgan fingerprint density at radius 2 is 1.75 bits per heavy atom. The quantitative estimate of drug-likeness (QED) is 0.195. The number of alkyl carbamates (subject to hydrolysis) is 1. The third-order valence-electron chi connectivity index (χ3n) is 10.3. The number of hydrogen-bond acceptors (Lipinski definition) is 10. The smallest absolute Gasteiger partial charge is 0.410 e. The van der Waals surface area contributed by atoms with Gasteiger partial charge in [0, 0.05) is 29.9 Å². The summed E-state index contributed by atoms with van der Waals surface area (Å²) in [5, 5.41) is 4.54. The van der Waals surface area contributed by atoms with Gasteiger partial charge in [0.1, 0.15) is 35.1 Å². The Labute approximate surface area is 326 Å². The number of hydrogen-bond donors (Lipinski definition) is 3. The molecule has 15 nitrogen and oxygen atoms in total. The molecule has 0 spiro atoms. The number of carbonyl (C=O) groups is 6. The normalized spacial score (nSPS) is 23.6. The van der Waals surface area contributed by atoms with Crippen LogP contribution in [0.15, 0.2) is 42.5 Å². The van der Waals surface area contributed by atoms with Gasteiger partial charge in [-0.15, -0.1) is 6.58 Å². The first-order valence-electron chi connectivity index (χ1n) is 18.7. The number of halogens is 1. The predicted molar refractivity (Wildman–Crippen MR) is 201 cm³/mol. The van der Waals surface area contributed by atoms with Crippen molar-refractivity contribution in [1.82, 2.24) is 25.2 Å². The van der Waals surface area contributed by atoms with Gasteiger partial charge in [0.2, 0.25) is 21.8 Å². The summed E-state index contributed by atoms with van der Waals surface area (Å²) in [4.78, 5) is 84.7. The lowest BCUT2D eigenvalue weighted by molar-refractivity contribution is -0.142. The number of benzene rings is 1. The molecule has 17 heteroatoms. The Morgan fingerprint density at radius 3 is 2.32 bits per heavy atom. The highest BCUT2D eigenvalue weighted by molar-refractivity contribution is 7.91. The highest BCUT2D eigenvalue weighted by atomic mass is 32.2. The van der Waals surface area contributed by atoms with Gasteiger partial charge in [-0.25, -0.2) is 22.4 Å². The molecule has 1 aromatic rings. The highest BCUT2D eigenvalue weighted by Crippen LogP contribution is 2.45. The molecule has 3 fully saturated rings. The minimum absolute atomic E-state index is 0.0446. The van der Waals surface area contributed by atoms with Gasteiger partial charge in [0.05, 0.1) is 18.3 Å². The molecular weight excluding hydrogens is 750 g/mol. The van der Waals surface area contributed by atoms with Gasteiger partial charge in [0.15, 0.2) is 5.78 Å². The summed E-state index contributed by atoms with van der Waals surface area (Å²) in [5.74, 6) is -3.99. The molecule has 3 N–H and O–H groups in total. The Balaban J connectivity index is 1.43. The lowest BCUT2D eigenvalue weighted by atomic mass is 9.80. The summed E-state index contributed by atoms with van der Waals surface area (Å²) in [6.07, 6.45) is 0.401. The molecule has 1 saturated heterocycles. The fourth-order valence-corrected chi connectivity index (χ4v) is 8.40. The number of sulfonamides is 1. The molecule has 1 aromatic carbocycles. The summed E-state index contributed by atoms with van der Waals surface area (Å²) < 4.78 is 53.2. The molecule has 0 radical (unpaired) electrons. The summed E-state index contributed by atoms with van der Waals surface area (Å²) in [6, 6.07) is 1.72. The minimum atomic E-state index is -3.98. The second-order valence-electron chi connectivity index (χ2n) is 17.0. The van der Waals surface area contributed by atoms with E-state index >= 15 is 0 Å². The number of ketones is 1. The molecule has 5 atom stereocenters. The second-order valence-corrected chi connectivity index (χ2v) is 19.0. The number of nitrogens with zero attached hydrogens (tertiary/aromatic N) is 2. The van der Waals surface area contributed by atoms with Gasteiger partial charge in [-0.05, 0) is 78.0 Å². The van der Waals surface area contributed by atoms with Crippen LogP contribution in [0.2, 0.25) is 0 Å². The van der Waals surface area contributed by atoms with Crippen molar-refractivity contribution in [1.29, 1.82) is 0 Å². The van der Waals surface area contributed by atoms with Gasteiger partial charge >= 0.3 is 12.2 Å². The van der Waals surface area contributed by atoms with E-state index < -0.39 is 91.7 Å². The number of likely N-dealkylation sites (tertiary alicyclic amines) is 1. The number of amides is 5. The van der Waals surface area contributed by atoms with Gasteiger partial charge < -0.3 is 25.0 Å². The van der Waals surface area contributed by atoms with E-state index in [1.54, 1.807) is 54.5 Å². The van der Waals surface area contributed by atoms with Crippen molar-refractivity contribution in [3.63, 3.8) is 0 Å². The van der Waals surface area contributed by atoms with Crippen LogP contribution in [0.5, 0.6) is 0 Å². The molecular formula is C39H52FN5O10S. The van der Waals surface area contributed by atoms with Gasteiger partial charge in [-0.2, -0.15) is 0 Å². The summed E-state index contributed by atoms with van der Waals surface area (Å²) >= 11 is 0. The first kappa shape index (κ1) is 42.3. The van der Waals surface area contributed by atoms with Crippen molar-refractivity contribution < 1.29 is 51.0 Å². The molecule has 2 aliphatic heterocycles. The van der Waals surface area contributed by atoms with E-state index in [9.17, 15) is 41.6 Å². The zero-order chi connectivity index (χ0) is 41.5. The topological polar surface area (TPSA) is 198 Å². The van der Waals surface area contributed by atoms with E-state index in [1.165, 1.54) is 29.2 Å². The van der Waals surface area contributed by atoms with Gasteiger partial charge in [-0.1, -0.05) is 37.6 Å². The Hall–Kier alpha value is -4.80. The van der Waals surface area contributed by atoms with Gasteiger partial charge in [-0.3, -0.25) is 28.8 Å². The van der Waals surface area contributed by atoms with Crippen LogP contribution in [0.25, 0.3) is 0 Å². The number of rotatable bonds is 13. The molecule has 0 aromatic heterocycles. The Bertz CT molecular complexity index is 1950. The van der Waals surface area contributed by atoms with Crippen LogP contribution >= 0.6 is 0 Å². The van der Waals surface area contributed by atoms with E-state index in [4.69, 9.17) is 9.47 Å². The maximum absolute atomic E-state index is 14.6. The number of fused-ring (bicyclic) bond motifs is 1. The SMILES string of the molecule is C=C[C@@H]1C[C@]1(NC(=O)C1C[C@@H](OC(=O)N2Cc3cccc(F)c3C2)CN1C(=O)[C@H](CC(C)(C)C(=O)C=C(C)C)NC(=O)OC(C)(C)C)C(=O)NS(=O)(=O)C1CC1. The lowest BCUT2D eigenvalue weighted by Gasteiger charge is -2.33. The van der Waals surface area contributed by atoms with Crippen LogP contribution in [0.3, 0.4) is 0 Å². The van der Waals surface area contributed by atoms with Crippen LogP contribution < -0.4 is 15.4 Å². The molecule has 2 saturated carbocycles. The third kappa shape index (κ3) is 9.59. The summed E-state index contributed by atoms with van der Waals surface area (Å²) in [6.45, 7) is 15.0. The highest BCUT2D eigenvalue weighted by Gasteiger charge is 2.62. The molecule has 0 bridgehead atoms. The van der Waals surface area contributed by atoms with Crippen molar-refractivity contribution in [3.05, 3.63) is 59.4 Å². The molecule has 2 heterocycles. The predicted octanol–water partition coefficient (Wildman–Crippen LogP) is 3.76. The fourth-order valence-electron chi connectivity index (χ4n) is 7.04. The summed E-state index contributed by atoms with van der Waals surface area (Å²) in [5.41, 5.74) is -2.15. The van der Waals surface area contributed by atoms with E-state index in [-0.39, 0.29) is 44.7 Å². The van der Waals surface area contributed by atoms with Crippen molar-refractivity contribution in [2.45, 2.75) is 128 Å². The van der Waals surface area contributed by atoms with E-state index in [0.29, 0.717) is 24.0 Å². The van der Waals surface area contributed by atoms with Crippen molar-refractivity contribution in [3.8, 4) is 0 Å². The van der Waals surface area contributed by atoms with E-state index in [1.807, 2.05) is 0 Å². The average Bonchev–Trinajstić information content (AvgIpc) is 3.97. The standard InChI is InChI=1S/C39H52FN5O10S/c1-9-24-17-39(24,34(49)43-56(52,53)26-13-14-26)42-32(47)30-16-25(54-36(51)44-19-23-11-10-12-28(40)27(23)21-44)20-45(30)33(48)29(41-35(50)55-37(4,5)6)18-38(7,8)31(46)15-22(2)3/h9-12,15,24-26,29-30H,1,13-14,16-21H2,2-8H3,(H,41,50)(H,42,47)(H,43,49)/t24-,25-,29+,30?,39-/m1/s1. The van der Waals surface area contributed by atoms with Crippen molar-refractivity contribution >= 4 is 45.7 Å². The Kier molecular flexibility index (Phi) is 11.8.